The third-order valence-electron chi connectivity index (χ3n) is 4.51. The first-order valence-corrected chi connectivity index (χ1v) is 8.01. The minimum atomic E-state index is -4.59. The lowest BCUT2D eigenvalue weighted by atomic mass is 10.2. The van der Waals surface area contributed by atoms with Gasteiger partial charge in [0.2, 0.25) is 0 Å². The Labute approximate surface area is 145 Å². The lowest BCUT2D eigenvalue weighted by molar-refractivity contribution is -0.142. The summed E-state index contributed by atoms with van der Waals surface area (Å²) in [6, 6.07) is 1.02. The monoisotopic (exact) mass is 364 g/mol. The van der Waals surface area contributed by atoms with Gasteiger partial charge >= 0.3 is 6.18 Å². The van der Waals surface area contributed by atoms with Gasteiger partial charge in [-0.05, 0) is 25.8 Å². The lowest BCUT2D eigenvalue weighted by Gasteiger charge is -2.11. The smallest absolute Gasteiger partial charge is 0.319 e. The van der Waals surface area contributed by atoms with Gasteiger partial charge < -0.3 is 5.32 Å². The number of aromatic nitrogens is 5. The van der Waals surface area contributed by atoms with Gasteiger partial charge in [-0.15, -0.1) is 0 Å². The SMILES string of the molecule is Cc1c(NC(=O)c2cnn3c(C(F)(F)F)cc(C4CC4)nc23)cnn1C. The summed E-state index contributed by atoms with van der Waals surface area (Å²) in [6.45, 7) is 1.77. The van der Waals surface area contributed by atoms with E-state index in [2.05, 4.69) is 20.5 Å². The highest BCUT2D eigenvalue weighted by Crippen LogP contribution is 2.41. The van der Waals surface area contributed by atoms with E-state index in [4.69, 9.17) is 0 Å². The number of nitrogens with zero attached hydrogens (tertiary/aromatic N) is 5. The average molecular weight is 364 g/mol. The number of halogens is 3. The summed E-state index contributed by atoms with van der Waals surface area (Å²) in [7, 11) is 1.72. The molecule has 4 rings (SSSR count). The molecule has 26 heavy (non-hydrogen) atoms. The Morgan fingerprint density at radius 1 is 1.27 bits per heavy atom. The van der Waals surface area contributed by atoms with Crippen LogP contribution in [-0.4, -0.2) is 30.3 Å². The number of carbonyl (C=O) groups excluding carboxylic acids is 1. The van der Waals surface area contributed by atoms with Crippen LogP contribution in [0.1, 0.15) is 46.2 Å². The van der Waals surface area contributed by atoms with Crippen LogP contribution in [0.4, 0.5) is 18.9 Å². The van der Waals surface area contributed by atoms with Gasteiger partial charge in [-0.1, -0.05) is 0 Å². The Bertz CT molecular complexity index is 1020. The van der Waals surface area contributed by atoms with Crippen molar-refractivity contribution >= 4 is 17.2 Å². The molecule has 1 aliphatic carbocycles. The van der Waals surface area contributed by atoms with Gasteiger partial charge in [0.15, 0.2) is 5.65 Å². The standard InChI is InChI=1S/C16H15F3N6O/c1-8-12(7-20-24(8)2)23-15(26)10-6-21-25-13(16(17,18)19)5-11(9-3-4-9)22-14(10)25/h5-7,9H,3-4H2,1-2H3,(H,23,26). The molecule has 3 aromatic rings. The van der Waals surface area contributed by atoms with E-state index < -0.39 is 17.8 Å². The Morgan fingerprint density at radius 2 is 2.00 bits per heavy atom. The number of amides is 1. The van der Waals surface area contributed by atoms with Gasteiger partial charge in [0.1, 0.15) is 11.3 Å². The predicted octanol–water partition coefficient (Wildman–Crippen LogP) is 2.92. The van der Waals surface area contributed by atoms with Crippen molar-refractivity contribution in [3.63, 3.8) is 0 Å². The number of fused-ring (bicyclic) bond motifs is 1. The van der Waals surface area contributed by atoms with Crippen LogP contribution in [0.2, 0.25) is 0 Å². The van der Waals surface area contributed by atoms with Crippen LogP contribution in [0.15, 0.2) is 18.5 Å². The molecule has 7 nitrogen and oxygen atoms in total. The van der Waals surface area contributed by atoms with Crippen molar-refractivity contribution in [1.29, 1.82) is 0 Å². The number of rotatable bonds is 3. The second-order valence-electron chi connectivity index (χ2n) is 6.35. The quantitative estimate of drug-likeness (QED) is 0.775. The van der Waals surface area contributed by atoms with Crippen LogP contribution in [0.3, 0.4) is 0 Å². The molecule has 0 radical (unpaired) electrons. The van der Waals surface area contributed by atoms with E-state index in [9.17, 15) is 18.0 Å². The summed E-state index contributed by atoms with van der Waals surface area (Å²) < 4.78 is 42.4. The zero-order chi connectivity index (χ0) is 18.6. The molecule has 0 aliphatic heterocycles. The maximum atomic E-state index is 13.4. The zero-order valence-electron chi connectivity index (χ0n) is 14.0. The first kappa shape index (κ1) is 16.6. The van der Waals surface area contributed by atoms with Crippen LogP contribution in [-0.2, 0) is 13.2 Å². The first-order valence-electron chi connectivity index (χ1n) is 8.01. The molecular weight excluding hydrogens is 349 g/mol. The highest BCUT2D eigenvalue weighted by atomic mass is 19.4. The largest absolute Gasteiger partial charge is 0.433 e. The number of alkyl halides is 3. The van der Waals surface area contributed by atoms with Crippen molar-refractivity contribution in [2.75, 3.05) is 5.32 Å². The minimum Gasteiger partial charge on any atom is -0.319 e. The van der Waals surface area contributed by atoms with Crippen LogP contribution < -0.4 is 5.32 Å². The van der Waals surface area contributed by atoms with Gasteiger partial charge in [0.25, 0.3) is 5.91 Å². The van der Waals surface area contributed by atoms with Crippen LogP contribution in [0.25, 0.3) is 5.65 Å². The van der Waals surface area contributed by atoms with Crippen molar-refractivity contribution < 1.29 is 18.0 Å². The summed E-state index contributed by atoms with van der Waals surface area (Å²) in [5.74, 6) is -0.572. The molecule has 1 saturated carbocycles. The maximum absolute atomic E-state index is 13.4. The van der Waals surface area contributed by atoms with Crippen LogP contribution in [0.5, 0.6) is 0 Å². The molecule has 0 unspecified atom stereocenters. The molecule has 136 valence electrons. The van der Waals surface area contributed by atoms with E-state index in [1.54, 1.807) is 18.7 Å². The fraction of sp³-hybridized carbons (Fsp3) is 0.375. The highest BCUT2D eigenvalue weighted by molar-refractivity contribution is 6.08. The van der Waals surface area contributed by atoms with Crippen molar-refractivity contribution in [2.24, 2.45) is 7.05 Å². The van der Waals surface area contributed by atoms with E-state index in [-0.39, 0.29) is 17.1 Å². The summed E-state index contributed by atoms with van der Waals surface area (Å²) in [6.07, 6.45) is -0.418. The summed E-state index contributed by atoms with van der Waals surface area (Å²) in [5, 5.41) is 10.4. The van der Waals surface area contributed by atoms with Gasteiger partial charge in [0, 0.05) is 18.7 Å². The molecule has 3 heterocycles. The van der Waals surface area contributed by atoms with Gasteiger partial charge in [-0.3, -0.25) is 9.48 Å². The van der Waals surface area contributed by atoms with Crippen LogP contribution >= 0.6 is 0 Å². The van der Waals surface area contributed by atoms with Gasteiger partial charge in [-0.25, -0.2) is 9.50 Å². The molecule has 1 fully saturated rings. The fourth-order valence-electron chi connectivity index (χ4n) is 2.74. The molecule has 0 saturated heterocycles. The van der Waals surface area contributed by atoms with E-state index in [1.807, 2.05) is 0 Å². The molecule has 1 aliphatic rings. The normalized spacial score (nSPS) is 14.8. The number of nitrogens with one attached hydrogen (secondary N) is 1. The molecule has 3 aromatic heterocycles. The van der Waals surface area contributed by atoms with Gasteiger partial charge in [0.05, 0.1) is 23.8 Å². The fourth-order valence-corrected chi connectivity index (χ4v) is 2.74. The first-order chi connectivity index (χ1) is 12.3. The van der Waals surface area contributed by atoms with Crippen molar-refractivity contribution in [2.45, 2.75) is 31.9 Å². The molecule has 0 bridgehead atoms. The molecule has 0 atom stereocenters. The van der Waals surface area contributed by atoms with Crippen LogP contribution in [0, 0.1) is 6.92 Å². The molecule has 0 spiro atoms. The summed E-state index contributed by atoms with van der Waals surface area (Å²) >= 11 is 0. The number of hydrogen-bond acceptors (Lipinski definition) is 4. The topological polar surface area (TPSA) is 77.1 Å². The Kier molecular flexibility index (Phi) is 3.53. The Balaban J connectivity index is 1.79. The zero-order valence-corrected chi connectivity index (χ0v) is 14.0. The predicted molar refractivity (Wildman–Crippen MR) is 85.9 cm³/mol. The highest BCUT2D eigenvalue weighted by Gasteiger charge is 2.38. The number of aryl methyl sites for hydroxylation is 1. The van der Waals surface area contributed by atoms with E-state index in [1.165, 1.54) is 6.20 Å². The van der Waals surface area contributed by atoms with Crippen molar-refractivity contribution in [1.82, 2.24) is 24.4 Å². The number of hydrogen-bond donors (Lipinski definition) is 1. The minimum absolute atomic E-state index is 0.00693. The second-order valence-corrected chi connectivity index (χ2v) is 6.35. The van der Waals surface area contributed by atoms with E-state index in [0.717, 1.165) is 30.8 Å². The van der Waals surface area contributed by atoms with Gasteiger partial charge in [-0.2, -0.15) is 23.4 Å². The molecular formula is C16H15F3N6O. The maximum Gasteiger partial charge on any atom is 0.433 e. The van der Waals surface area contributed by atoms with Crippen molar-refractivity contribution in [3.8, 4) is 0 Å². The summed E-state index contributed by atoms with van der Waals surface area (Å²) in [5.41, 5.74) is 0.503. The Morgan fingerprint density at radius 3 is 2.58 bits per heavy atom. The van der Waals surface area contributed by atoms with Crippen molar-refractivity contribution in [3.05, 3.63) is 41.1 Å². The molecule has 1 N–H and O–H groups in total. The molecule has 1 amide bonds. The molecule has 10 heteroatoms. The summed E-state index contributed by atoms with van der Waals surface area (Å²) in [4.78, 5) is 16.9. The second kappa shape index (κ2) is 5.55. The number of carbonyl (C=O) groups is 1. The third-order valence-corrected chi connectivity index (χ3v) is 4.51. The Hall–Kier alpha value is -2.91. The van der Waals surface area contributed by atoms with E-state index in [0.29, 0.717) is 15.9 Å². The average Bonchev–Trinajstić information content (AvgIpc) is 3.27. The number of anilines is 1. The van der Waals surface area contributed by atoms with E-state index >= 15 is 0 Å². The molecule has 0 aromatic carbocycles. The third kappa shape index (κ3) is 2.71. The lowest BCUT2D eigenvalue weighted by Crippen LogP contribution is -2.16.